The highest BCUT2D eigenvalue weighted by molar-refractivity contribution is 6.09. The number of halogens is 24. The summed E-state index contributed by atoms with van der Waals surface area (Å²) in [5.74, 6) is -8.19. The lowest BCUT2D eigenvalue weighted by molar-refractivity contribution is -0.143. The summed E-state index contributed by atoms with van der Waals surface area (Å²) >= 11 is 0. The van der Waals surface area contributed by atoms with E-state index in [4.69, 9.17) is 10.8 Å². The zero-order chi connectivity index (χ0) is 102. The van der Waals surface area contributed by atoms with E-state index < -0.39 is 236 Å². The summed E-state index contributed by atoms with van der Waals surface area (Å²) in [6, 6.07) is 23.4. The van der Waals surface area contributed by atoms with Crippen molar-refractivity contribution in [3.05, 3.63) is 289 Å². The molecule has 3 unspecified atom stereocenters. The number of benzene rings is 8. The maximum absolute atomic E-state index is 13.9. The molecule has 12 aromatic rings. The van der Waals surface area contributed by atoms with E-state index in [-0.39, 0.29) is 63.7 Å². The molecule has 8 aromatic carbocycles. The molecular formula is C92H72F24N10O13. The van der Waals surface area contributed by atoms with Crippen LogP contribution in [0.4, 0.5) is 139 Å². The van der Waals surface area contributed by atoms with Crippen LogP contribution in [0.25, 0.3) is 43.6 Å². The molecular weight excluding hydrogens is 1910 g/mol. The van der Waals surface area contributed by atoms with Crippen LogP contribution in [0.2, 0.25) is 0 Å². The molecule has 4 amide bonds. The second kappa shape index (κ2) is 40.2. The van der Waals surface area contributed by atoms with Crippen molar-refractivity contribution in [3.8, 4) is 0 Å². The molecule has 5 heterocycles. The summed E-state index contributed by atoms with van der Waals surface area (Å²) in [6.45, 7) is 0.342. The number of nitrogens with one attached hydrogen (secondary N) is 8. The van der Waals surface area contributed by atoms with Crippen molar-refractivity contribution in [2.24, 2.45) is 17.8 Å². The van der Waals surface area contributed by atoms with Crippen LogP contribution in [0.1, 0.15) is 161 Å². The van der Waals surface area contributed by atoms with Crippen LogP contribution in [0.5, 0.6) is 0 Å². The van der Waals surface area contributed by atoms with Gasteiger partial charge in [-0.25, -0.2) is 0 Å². The van der Waals surface area contributed by atoms with Gasteiger partial charge in [-0.1, -0.05) is 42.8 Å². The molecule has 2 saturated carbocycles. The number of aliphatic carboxylic acids is 2. The number of carbonyl (C=O) groups is 6. The number of carbonyl (C=O) groups excluding carboxylic acids is 4. The molecule has 0 radical (unpaired) electrons. The molecule has 2 aliphatic carbocycles. The molecule has 0 bridgehead atoms. The van der Waals surface area contributed by atoms with Gasteiger partial charge >= 0.3 is 61.3 Å². The van der Waals surface area contributed by atoms with E-state index in [1.165, 1.54) is 42.5 Å². The van der Waals surface area contributed by atoms with Gasteiger partial charge in [0.2, 0.25) is 21.7 Å². The number of rotatable bonds is 16. The Labute approximate surface area is 763 Å². The highest BCUT2D eigenvalue weighted by atomic mass is 19.4. The van der Waals surface area contributed by atoms with Crippen molar-refractivity contribution in [1.29, 1.82) is 0 Å². The number of nitrogen functional groups attached to an aromatic ring is 1. The fourth-order valence-corrected chi connectivity index (χ4v) is 16.7. The van der Waals surface area contributed by atoms with Crippen LogP contribution in [0, 0.1) is 17.8 Å². The van der Waals surface area contributed by atoms with Gasteiger partial charge in [0.25, 0.3) is 23.6 Å². The van der Waals surface area contributed by atoms with Crippen LogP contribution in [-0.4, -0.2) is 89.5 Å². The number of nitrogens with two attached hydrogens (primary N) is 1. The minimum atomic E-state index is -4.94. The lowest BCUT2D eigenvalue weighted by Crippen LogP contribution is -2.31. The Morgan fingerprint density at radius 3 is 1.01 bits per heavy atom. The van der Waals surface area contributed by atoms with Crippen molar-refractivity contribution in [2.45, 2.75) is 139 Å². The average Bonchev–Trinajstić information content (AvgIpc) is 1.11. The van der Waals surface area contributed by atoms with E-state index in [9.17, 15) is 164 Å². The zero-order valence-electron chi connectivity index (χ0n) is 70.8. The number of amides is 4. The van der Waals surface area contributed by atoms with Crippen molar-refractivity contribution in [3.63, 3.8) is 0 Å². The molecule has 1 aliphatic heterocycles. The van der Waals surface area contributed by atoms with Crippen LogP contribution >= 0.6 is 0 Å². The van der Waals surface area contributed by atoms with E-state index in [2.05, 4.69) is 19.9 Å². The number of anilines is 6. The Kier molecular flexibility index (Phi) is 29.8. The number of carboxylic acids is 2. The van der Waals surface area contributed by atoms with Gasteiger partial charge in [0.1, 0.15) is 22.3 Å². The van der Waals surface area contributed by atoms with Crippen molar-refractivity contribution < 1.29 is 149 Å². The van der Waals surface area contributed by atoms with Gasteiger partial charge in [-0.3, -0.25) is 47.9 Å². The molecule has 3 fully saturated rings. The van der Waals surface area contributed by atoms with Crippen molar-refractivity contribution in [2.75, 3.05) is 38.4 Å². The summed E-state index contributed by atoms with van der Waals surface area (Å²) in [7, 11) is 0. The third-order valence-electron chi connectivity index (χ3n) is 23.2. The smallest absolute Gasteiger partial charge is 0.418 e. The number of hydrogen-bond donors (Lipinski definition) is 12. The Hall–Kier alpha value is -14.7. The number of H-pyrrole nitrogens is 4. The fraction of sp³-hybridized carbons (Fsp3) is 0.283. The lowest BCUT2D eigenvalue weighted by Gasteiger charge is -2.27. The van der Waals surface area contributed by atoms with Gasteiger partial charge < -0.3 is 67.2 Å². The maximum atomic E-state index is 13.9. The molecule has 1 saturated heterocycles. The highest BCUT2D eigenvalue weighted by Gasteiger charge is 2.44. The van der Waals surface area contributed by atoms with Crippen molar-refractivity contribution in [1.82, 2.24) is 19.9 Å². The number of alkyl halides is 24. The fourth-order valence-electron chi connectivity index (χ4n) is 16.7. The molecule has 3 atom stereocenters. The largest absolute Gasteiger partial charge is 0.481 e. The molecule has 13 N–H and O–H groups in total. The van der Waals surface area contributed by atoms with Crippen molar-refractivity contribution >= 4 is 113 Å². The van der Waals surface area contributed by atoms with E-state index >= 15 is 0 Å². The predicted octanol–water partition coefficient (Wildman–Crippen LogP) is 21.4. The normalized spacial score (nSPS) is 16.6. The predicted molar refractivity (Wildman–Crippen MR) is 457 cm³/mol. The molecule has 736 valence electrons. The summed E-state index contributed by atoms with van der Waals surface area (Å²) in [6.07, 6.45) is -30.7. The Morgan fingerprint density at radius 2 is 0.676 bits per heavy atom. The molecule has 0 spiro atoms. The number of aromatic nitrogens is 4. The average molecular weight is 1980 g/mol. The van der Waals surface area contributed by atoms with Crippen LogP contribution in [0.15, 0.2) is 190 Å². The molecule has 23 nitrogen and oxygen atoms in total. The first-order chi connectivity index (χ1) is 64.8. The molecule has 139 heavy (non-hydrogen) atoms. The van der Waals surface area contributed by atoms with E-state index in [0.29, 0.717) is 107 Å². The summed E-state index contributed by atoms with van der Waals surface area (Å²) in [5.41, 5.74) is -15.8. The minimum absolute atomic E-state index is 0.0961. The number of aromatic amines is 4. The van der Waals surface area contributed by atoms with Crippen LogP contribution in [0.3, 0.4) is 0 Å². The first-order valence-corrected chi connectivity index (χ1v) is 41.4. The van der Waals surface area contributed by atoms with E-state index in [1.54, 1.807) is 4.90 Å². The second-order valence-electron chi connectivity index (χ2n) is 32.4. The molecule has 4 aromatic heterocycles. The summed E-state index contributed by atoms with van der Waals surface area (Å²) in [4.78, 5) is 135. The number of pyridine rings is 4. The highest BCUT2D eigenvalue weighted by Crippen LogP contribution is 2.46. The van der Waals surface area contributed by atoms with Crippen LogP contribution < -0.4 is 53.6 Å². The van der Waals surface area contributed by atoms with Gasteiger partial charge in [0.15, 0.2) is 0 Å². The minimum Gasteiger partial charge on any atom is -0.481 e. The monoisotopic (exact) mass is 1980 g/mol. The van der Waals surface area contributed by atoms with E-state index in [0.717, 1.165) is 97.6 Å². The third kappa shape index (κ3) is 23.9. The van der Waals surface area contributed by atoms with Gasteiger partial charge in [0, 0.05) is 70.8 Å². The van der Waals surface area contributed by atoms with E-state index in [1.807, 2.05) is 21.3 Å². The Bertz CT molecular complexity index is 7010. The standard InChI is InChI=1S/C25H20F6N2O4.C25H22F6N2O3.C24H19F6N3O4.C18H11F6N3O2/c26-24(27,28)16-5-2-6-19-20(16)21(34)15(11-32-19)22(35)33-18-8-7-12(10-17(18)25(29,30)31)9-13-3-1-4-14(13)23(36)37;26-24(27,28)17-2-1-3-20-21(17)22(35)16(12-32-20)23(36)33-19-9-6-14(11-18(19)25(29,30)31)10-13-4-7-15(34)8-5-13;25-23(26,27)15-4-1-5-18-20(15)21(36)14(11-31-18)22(37)32-17-7-6-13(9-16(17)24(28,29)30)33-8-2-3-12(33)10-19(34)35;19-17(20,21)10-2-1-3-13-14(10)15(28)9(7-26-13)16(29)27-12-5-4-8(25)6-11(12)18(22,23)24/h2,5-8,10-11,13-14H,1,3-4,9H2,(H,32,34)(H,33,35)(H,36,37);1-3,6,9,11-13,15,34H,4-5,7-8,10H2,(H,32,35)(H,33,36);1,4-7,9,11-12H,2-3,8,10H2,(H,31,36)(H,32,37)(H,34,35);1-7H,25H2,(H,26,28)(H,27,29). The molecule has 15 rings (SSSR count). The number of carboxylic acid groups (broad SMARTS) is 2. The summed E-state index contributed by atoms with van der Waals surface area (Å²) < 4.78 is 324. The maximum Gasteiger partial charge on any atom is 0.418 e. The number of nitrogens with zero attached hydrogens (tertiary/aromatic N) is 1. The number of hydrogen-bond acceptors (Lipinski definition) is 13. The third-order valence-corrected chi connectivity index (χ3v) is 23.2. The molecule has 47 heteroatoms. The van der Waals surface area contributed by atoms with Gasteiger partial charge in [-0.05, 0) is 196 Å². The van der Waals surface area contributed by atoms with Crippen LogP contribution in [-0.2, 0) is 71.8 Å². The first kappa shape index (κ1) is 103. The summed E-state index contributed by atoms with van der Waals surface area (Å²) in [5, 5.41) is 32.8. The Morgan fingerprint density at radius 1 is 0.360 bits per heavy atom. The lowest BCUT2D eigenvalue weighted by atomic mass is 9.83. The van der Waals surface area contributed by atoms with Gasteiger partial charge in [0.05, 0.1) is 107 Å². The quantitative estimate of drug-likeness (QED) is 0.0316. The molecule has 3 aliphatic rings. The number of fused-ring (bicyclic) bond motifs is 4. The zero-order valence-corrected chi connectivity index (χ0v) is 70.8. The first-order valence-electron chi connectivity index (χ1n) is 41.4. The number of aliphatic hydroxyl groups is 1. The van der Waals surface area contributed by atoms with Gasteiger partial charge in [-0.15, -0.1) is 0 Å². The SMILES string of the molecule is Nc1ccc(NC(=O)c2c[nH]c3cccc(C(F)(F)F)c3c2=O)c(C(F)(F)F)c1.O=C(Nc1ccc(CC2CCC(O)CC2)cc1C(F)(F)F)c1c[nH]c2cccc(C(F)(F)F)c2c1=O.O=C(Nc1ccc(CC2CCCC2C(=O)O)cc1C(F)(F)F)c1c[nH]c2cccc(C(F)(F)F)c2c1=O.O=C(O)CC1CCCN1c1ccc(NC(=O)c2c[nH]c3cccc(C(F)(F)F)c3c2=O)c(C(F)(F)F)c1. The topological polar surface area (TPSA) is 372 Å². The number of aliphatic hydroxyl groups excluding tert-OH is 1. The Balaban J connectivity index is 0.000000167. The van der Waals surface area contributed by atoms with Gasteiger partial charge in [-0.2, -0.15) is 105 Å². The second-order valence-corrected chi connectivity index (χ2v) is 32.4.